The van der Waals surface area contributed by atoms with Gasteiger partial charge in [0.15, 0.2) is 0 Å². The highest BCUT2D eigenvalue weighted by Crippen LogP contribution is 2.40. The van der Waals surface area contributed by atoms with Crippen LogP contribution in [0.1, 0.15) is 50.5 Å². The van der Waals surface area contributed by atoms with E-state index in [1.807, 2.05) is 6.07 Å². The molecule has 1 amide bonds. The molecule has 26 heavy (non-hydrogen) atoms. The quantitative estimate of drug-likeness (QED) is 0.652. The van der Waals surface area contributed by atoms with Gasteiger partial charge in [-0.05, 0) is 75.6 Å². The molecule has 0 aliphatic carbocycles. The maximum absolute atomic E-state index is 12.4. The molecule has 2 aliphatic rings. The van der Waals surface area contributed by atoms with Crippen molar-refractivity contribution in [3.8, 4) is 0 Å². The van der Waals surface area contributed by atoms with Crippen molar-refractivity contribution in [1.29, 1.82) is 0 Å². The van der Waals surface area contributed by atoms with Crippen LogP contribution in [-0.4, -0.2) is 55.1 Å². The van der Waals surface area contributed by atoms with Gasteiger partial charge >= 0.3 is 0 Å². The molecule has 1 aromatic carbocycles. The first-order valence-electron chi connectivity index (χ1n) is 10.3. The van der Waals surface area contributed by atoms with Crippen LogP contribution < -0.4 is 0 Å². The van der Waals surface area contributed by atoms with Gasteiger partial charge in [-0.15, -0.1) is 0 Å². The summed E-state index contributed by atoms with van der Waals surface area (Å²) in [4.78, 5) is 17.0. The van der Waals surface area contributed by atoms with Gasteiger partial charge in [0.25, 0.3) is 0 Å². The predicted octanol–water partition coefficient (Wildman–Crippen LogP) is 4.07. The number of halogens is 1. The van der Waals surface area contributed by atoms with Crippen LogP contribution in [0.15, 0.2) is 30.3 Å². The van der Waals surface area contributed by atoms with Gasteiger partial charge in [0.05, 0.1) is 6.67 Å². The zero-order chi connectivity index (χ0) is 18.2. The van der Waals surface area contributed by atoms with Crippen LogP contribution in [0.4, 0.5) is 4.39 Å². The maximum atomic E-state index is 12.4. The van der Waals surface area contributed by atoms with E-state index in [2.05, 4.69) is 34.1 Å². The average Bonchev–Trinajstić information content (AvgIpc) is 2.68. The van der Waals surface area contributed by atoms with Crippen LogP contribution in [0.3, 0.4) is 0 Å². The standard InChI is InChI=1S/C22H33FN2O/c23-14-5-2-6-15-24-17-12-22(13-18-24)11-9-21(26)25(19-22)16-10-20-7-3-1-4-8-20/h1,3-4,7-8H,2,5-6,9-19H2. The number of carbonyl (C=O) groups is 1. The number of carbonyl (C=O) groups excluding carboxylic acids is 1. The Morgan fingerprint density at radius 3 is 2.46 bits per heavy atom. The van der Waals surface area contributed by atoms with Crippen molar-refractivity contribution in [3.63, 3.8) is 0 Å². The maximum Gasteiger partial charge on any atom is 0.222 e. The molecule has 0 N–H and O–H groups in total. The van der Waals surface area contributed by atoms with E-state index in [4.69, 9.17) is 0 Å². The molecule has 2 saturated heterocycles. The molecule has 2 heterocycles. The molecular weight excluding hydrogens is 327 g/mol. The second-order valence-corrected chi connectivity index (χ2v) is 8.14. The summed E-state index contributed by atoms with van der Waals surface area (Å²) in [5.74, 6) is 0.334. The lowest BCUT2D eigenvalue weighted by Crippen LogP contribution is -2.52. The van der Waals surface area contributed by atoms with Crippen molar-refractivity contribution in [2.24, 2.45) is 5.41 Å². The third kappa shape index (κ3) is 5.29. The zero-order valence-corrected chi connectivity index (χ0v) is 16.0. The van der Waals surface area contributed by atoms with Crippen molar-refractivity contribution < 1.29 is 9.18 Å². The summed E-state index contributed by atoms with van der Waals surface area (Å²) in [6.45, 7) is 4.97. The van der Waals surface area contributed by atoms with Gasteiger partial charge < -0.3 is 9.80 Å². The number of hydrogen-bond donors (Lipinski definition) is 0. The lowest BCUT2D eigenvalue weighted by Gasteiger charge is -2.47. The summed E-state index contributed by atoms with van der Waals surface area (Å²) < 4.78 is 12.2. The second kappa shape index (κ2) is 9.50. The van der Waals surface area contributed by atoms with E-state index in [-0.39, 0.29) is 6.67 Å². The van der Waals surface area contributed by atoms with Crippen molar-refractivity contribution in [3.05, 3.63) is 35.9 Å². The minimum Gasteiger partial charge on any atom is -0.342 e. The van der Waals surface area contributed by atoms with Gasteiger partial charge in [0, 0.05) is 19.5 Å². The Balaban J connectivity index is 1.46. The number of amides is 1. The first kappa shape index (κ1) is 19.3. The minimum absolute atomic E-state index is 0.185. The molecule has 1 aromatic rings. The predicted molar refractivity (Wildman–Crippen MR) is 104 cm³/mol. The SMILES string of the molecule is O=C1CCC2(CCN(CCCCCF)CC2)CN1CCc1ccccc1. The normalized spacial score (nSPS) is 20.7. The van der Waals surface area contributed by atoms with Crippen LogP contribution in [0.5, 0.6) is 0 Å². The van der Waals surface area contributed by atoms with Crippen LogP contribution in [-0.2, 0) is 11.2 Å². The molecule has 0 unspecified atom stereocenters. The number of unbranched alkanes of at least 4 members (excludes halogenated alkanes) is 2. The van der Waals surface area contributed by atoms with Gasteiger partial charge in [0.2, 0.25) is 5.91 Å². The number of benzene rings is 1. The summed E-state index contributed by atoms with van der Waals surface area (Å²) >= 11 is 0. The molecule has 2 fully saturated rings. The Labute approximate surface area is 157 Å². The summed E-state index contributed by atoms with van der Waals surface area (Å²) in [6.07, 6.45) is 7.93. The summed E-state index contributed by atoms with van der Waals surface area (Å²) in [7, 11) is 0. The Hall–Kier alpha value is -1.42. The summed E-state index contributed by atoms with van der Waals surface area (Å²) in [6, 6.07) is 10.5. The van der Waals surface area contributed by atoms with Crippen molar-refractivity contribution in [2.45, 2.75) is 51.4 Å². The highest BCUT2D eigenvalue weighted by atomic mass is 19.1. The summed E-state index contributed by atoms with van der Waals surface area (Å²) in [5, 5.41) is 0. The first-order chi connectivity index (χ1) is 12.7. The van der Waals surface area contributed by atoms with Gasteiger partial charge in [0.1, 0.15) is 0 Å². The van der Waals surface area contributed by atoms with Crippen molar-refractivity contribution in [2.75, 3.05) is 39.4 Å². The molecule has 144 valence electrons. The molecule has 3 nitrogen and oxygen atoms in total. The molecule has 3 rings (SSSR count). The number of hydrogen-bond acceptors (Lipinski definition) is 2. The fourth-order valence-electron chi connectivity index (χ4n) is 4.48. The number of likely N-dealkylation sites (tertiary alicyclic amines) is 2. The molecule has 1 spiro atoms. The Morgan fingerprint density at radius 2 is 1.73 bits per heavy atom. The highest BCUT2D eigenvalue weighted by Gasteiger charge is 2.40. The van der Waals surface area contributed by atoms with Crippen LogP contribution in [0.2, 0.25) is 0 Å². The highest BCUT2D eigenvalue weighted by molar-refractivity contribution is 5.77. The molecule has 0 saturated carbocycles. The van der Waals surface area contributed by atoms with Crippen LogP contribution >= 0.6 is 0 Å². The second-order valence-electron chi connectivity index (χ2n) is 8.14. The van der Waals surface area contributed by atoms with Gasteiger partial charge in [-0.3, -0.25) is 9.18 Å². The average molecular weight is 361 g/mol. The van der Waals surface area contributed by atoms with E-state index in [1.165, 1.54) is 18.4 Å². The van der Waals surface area contributed by atoms with Crippen molar-refractivity contribution >= 4 is 5.91 Å². The van der Waals surface area contributed by atoms with E-state index in [1.54, 1.807) is 0 Å². The van der Waals surface area contributed by atoms with Crippen LogP contribution in [0.25, 0.3) is 0 Å². The Bertz CT molecular complexity index is 555. The third-order valence-corrected chi connectivity index (χ3v) is 6.29. The van der Waals surface area contributed by atoms with E-state index >= 15 is 0 Å². The fourth-order valence-corrected chi connectivity index (χ4v) is 4.48. The van der Waals surface area contributed by atoms with E-state index in [0.29, 0.717) is 24.2 Å². The van der Waals surface area contributed by atoms with Crippen LogP contribution in [0, 0.1) is 5.41 Å². The monoisotopic (exact) mass is 360 g/mol. The molecule has 0 radical (unpaired) electrons. The Kier molecular flexibility index (Phi) is 7.07. The number of alkyl halides is 1. The topological polar surface area (TPSA) is 23.6 Å². The van der Waals surface area contributed by atoms with E-state index < -0.39 is 0 Å². The van der Waals surface area contributed by atoms with Gasteiger partial charge in [-0.25, -0.2) is 0 Å². The number of piperidine rings is 2. The third-order valence-electron chi connectivity index (χ3n) is 6.29. The zero-order valence-electron chi connectivity index (χ0n) is 16.0. The van der Waals surface area contributed by atoms with Crippen molar-refractivity contribution in [1.82, 2.24) is 9.80 Å². The molecule has 0 aromatic heterocycles. The van der Waals surface area contributed by atoms with E-state index in [0.717, 1.165) is 58.4 Å². The smallest absolute Gasteiger partial charge is 0.222 e. The largest absolute Gasteiger partial charge is 0.342 e. The first-order valence-corrected chi connectivity index (χ1v) is 10.3. The molecule has 0 atom stereocenters. The fraction of sp³-hybridized carbons (Fsp3) is 0.682. The minimum atomic E-state index is -0.185. The lowest BCUT2D eigenvalue weighted by atomic mass is 9.72. The molecule has 2 aliphatic heterocycles. The molecular formula is C22H33FN2O. The lowest BCUT2D eigenvalue weighted by molar-refractivity contribution is -0.139. The molecule has 0 bridgehead atoms. The van der Waals surface area contributed by atoms with Gasteiger partial charge in [-0.2, -0.15) is 0 Å². The number of rotatable bonds is 8. The summed E-state index contributed by atoms with van der Waals surface area (Å²) in [5.41, 5.74) is 1.64. The number of nitrogens with zero attached hydrogens (tertiary/aromatic N) is 2. The Morgan fingerprint density at radius 1 is 0.962 bits per heavy atom. The van der Waals surface area contributed by atoms with Gasteiger partial charge in [-0.1, -0.05) is 30.3 Å². The molecule has 4 heteroatoms. The van der Waals surface area contributed by atoms with E-state index in [9.17, 15) is 9.18 Å².